The van der Waals surface area contributed by atoms with Crippen molar-refractivity contribution in [3.8, 4) is 11.5 Å². The van der Waals surface area contributed by atoms with E-state index in [-0.39, 0.29) is 25.1 Å². The SMILES string of the molecule is CC[C@H](C)NC(=O)[C@@H](C)N(Cc1ccccc1F)C(=O)COc1ccccc1OC. The maximum Gasteiger partial charge on any atom is 0.261 e. The fourth-order valence-electron chi connectivity index (χ4n) is 2.82. The summed E-state index contributed by atoms with van der Waals surface area (Å²) in [6.45, 7) is 5.11. The van der Waals surface area contributed by atoms with E-state index < -0.39 is 17.8 Å². The number of methoxy groups -OCH3 is 1. The van der Waals surface area contributed by atoms with Crippen LogP contribution in [-0.4, -0.2) is 42.5 Å². The number of para-hydroxylation sites is 2. The van der Waals surface area contributed by atoms with Crippen LogP contribution < -0.4 is 14.8 Å². The van der Waals surface area contributed by atoms with E-state index in [1.54, 1.807) is 49.4 Å². The molecular weight excluding hydrogens is 387 g/mol. The largest absolute Gasteiger partial charge is 0.493 e. The minimum Gasteiger partial charge on any atom is -0.493 e. The summed E-state index contributed by atoms with van der Waals surface area (Å²) < 4.78 is 25.1. The van der Waals surface area contributed by atoms with Crippen molar-refractivity contribution in [2.24, 2.45) is 0 Å². The van der Waals surface area contributed by atoms with Gasteiger partial charge in [-0.2, -0.15) is 0 Å². The van der Waals surface area contributed by atoms with Crippen molar-refractivity contribution in [2.45, 2.75) is 45.8 Å². The maximum absolute atomic E-state index is 14.2. The minimum atomic E-state index is -0.799. The second kappa shape index (κ2) is 11.2. The predicted molar refractivity (Wildman–Crippen MR) is 113 cm³/mol. The van der Waals surface area contributed by atoms with E-state index in [1.165, 1.54) is 18.1 Å². The van der Waals surface area contributed by atoms with Gasteiger partial charge < -0.3 is 19.7 Å². The second-order valence-corrected chi connectivity index (χ2v) is 7.05. The first-order valence-corrected chi connectivity index (χ1v) is 9.96. The first kappa shape index (κ1) is 23.2. The topological polar surface area (TPSA) is 67.9 Å². The number of hydrogen-bond acceptors (Lipinski definition) is 4. The van der Waals surface area contributed by atoms with Crippen molar-refractivity contribution in [1.82, 2.24) is 10.2 Å². The standard InChI is InChI=1S/C23H29FN2O4/c1-5-16(2)25-23(28)17(3)26(14-18-10-6-7-11-19(18)24)22(27)15-30-21-13-9-8-12-20(21)29-4/h6-13,16-17H,5,14-15H2,1-4H3,(H,25,28)/t16-,17+/m0/s1. The Bertz CT molecular complexity index is 859. The van der Waals surface area contributed by atoms with E-state index in [0.29, 0.717) is 17.1 Å². The Morgan fingerprint density at radius 3 is 2.33 bits per heavy atom. The summed E-state index contributed by atoms with van der Waals surface area (Å²) in [4.78, 5) is 27.0. The summed E-state index contributed by atoms with van der Waals surface area (Å²) in [7, 11) is 1.51. The van der Waals surface area contributed by atoms with Crippen molar-refractivity contribution in [3.63, 3.8) is 0 Å². The molecule has 0 aliphatic rings. The van der Waals surface area contributed by atoms with Crippen LogP contribution in [-0.2, 0) is 16.1 Å². The fourth-order valence-corrected chi connectivity index (χ4v) is 2.82. The Morgan fingerprint density at radius 1 is 1.07 bits per heavy atom. The highest BCUT2D eigenvalue weighted by molar-refractivity contribution is 5.88. The Morgan fingerprint density at radius 2 is 1.70 bits per heavy atom. The maximum atomic E-state index is 14.2. The zero-order chi connectivity index (χ0) is 22.1. The molecule has 0 saturated heterocycles. The van der Waals surface area contributed by atoms with Gasteiger partial charge in [0.05, 0.1) is 7.11 Å². The van der Waals surface area contributed by atoms with E-state index >= 15 is 0 Å². The van der Waals surface area contributed by atoms with Crippen LogP contribution in [0.1, 0.15) is 32.8 Å². The average molecular weight is 416 g/mol. The van der Waals surface area contributed by atoms with Gasteiger partial charge in [-0.1, -0.05) is 37.3 Å². The molecule has 6 nitrogen and oxygen atoms in total. The van der Waals surface area contributed by atoms with Crippen LogP contribution in [0.3, 0.4) is 0 Å². The van der Waals surface area contributed by atoms with E-state index in [9.17, 15) is 14.0 Å². The van der Waals surface area contributed by atoms with Crippen molar-refractivity contribution in [3.05, 3.63) is 59.9 Å². The summed E-state index contributed by atoms with van der Waals surface area (Å²) in [5.41, 5.74) is 0.325. The third kappa shape index (κ3) is 6.20. The number of benzene rings is 2. The van der Waals surface area contributed by atoms with Crippen LogP contribution in [0.25, 0.3) is 0 Å². The zero-order valence-electron chi connectivity index (χ0n) is 17.9. The molecule has 162 valence electrons. The smallest absolute Gasteiger partial charge is 0.261 e. The lowest BCUT2D eigenvalue weighted by Gasteiger charge is -2.29. The first-order chi connectivity index (χ1) is 14.4. The van der Waals surface area contributed by atoms with Gasteiger partial charge in [-0.05, 0) is 38.5 Å². The van der Waals surface area contributed by atoms with Crippen LogP contribution in [0.15, 0.2) is 48.5 Å². The van der Waals surface area contributed by atoms with Gasteiger partial charge in [-0.15, -0.1) is 0 Å². The molecule has 1 N–H and O–H groups in total. The van der Waals surface area contributed by atoms with Gasteiger partial charge >= 0.3 is 0 Å². The van der Waals surface area contributed by atoms with Crippen molar-refractivity contribution in [1.29, 1.82) is 0 Å². The molecule has 2 rings (SSSR count). The molecule has 7 heteroatoms. The average Bonchev–Trinajstić information content (AvgIpc) is 2.76. The molecule has 2 aromatic rings. The van der Waals surface area contributed by atoms with Gasteiger partial charge in [0.25, 0.3) is 5.91 Å². The molecular formula is C23H29FN2O4. The van der Waals surface area contributed by atoms with Crippen molar-refractivity contribution < 1.29 is 23.5 Å². The summed E-state index contributed by atoms with van der Waals surface area (Å²) in [5, 5.41) is 2.87. The number of carbonyl (C=O) groups is 2. The van der Waals surface area contributed by atoms with Gasteiger partial charge in [-0.25, -0.2) is 4.39 Å². The van der Waals surface area contributed by atoms with E-state index in [4.69, 9.17) is 9.47 Å². The molecule has 0 aliphatic heterocycles. The Kier molecular flexibility index (Phi) is 8.65. The molecule has 0 fully saturated rings. The molecule has 0 bridgehead atoms. The molecule has 30 heavy (non-hydrogen) atoms. The molecule has 0 aromatic heterocycles. The molecule has 0 heterocycles. The van der Waals surface area contributed by atoms with Crippen molar-refractivity contribution >= 4 is 11.8 Å². The lowest BCUT2D eigenvalue weighted by molar-refractivity contribution is -0.142. The Balaban J connectivity index is 2.19. The molecule has 0 saturated carbocycles. The Labute approximate surface area is 177 Å². The monoisotopic (exact) mass is 416 g/mol. The van der Waals surface area contributed by atoms with Gasteiger partial charge in [0.1, 0.15) is 11.9 Å². The number of halogens is 1. The van der Waals surface area contributed by atoms with Gasteiger partial charge in [0.15, 0.2) is 18.1 Å². The molecule has 2 aromatic carbocycles. The number of nitrogens with one attached hydrogen (secondary N) is 1. The van der Waals surface area contributed by atoms with Crippen LogP contribution in [0.2, 0.25) is 0 Å². The summed E-state index contributed by atoms with van der Waals surface area (Å²) in [5.74, 6) is -0.262. The second-order valence-electron chi connectivity index (χ2n) is 7.05. The number of amides is 2. The summed E-state index contributed by atoms with van der Waals surface area (Å²) in [6.07, 6.45) is 0.761. The normalized spacial score (nSPS) is 12.6. The summed E-state index contributed by atoms with van der Waals surface area (Å²) >= 11 is 0. The van der Waals surface area contributed by atoms with Gasteiger partial charge in [0, 0.05) is 18.2 Å². The zero-order valence-corrected chi connectivity index (χ0v) is 17.9. The highest BCUT2D eigenvalue weighted by atomic mass is 19.1. The van der Waals surface area contributed by atoms with Gasteiger partial charge in [0.2, 0.25) is 5.91 Å². The number of carbonyl (C=O) groups excluding carboxylic acids is 2. The molecule has 0 spiro atoms. The minimum absolute atomic E-state index is 0.0322. The van der Waals surface area contributed by atoms with E-state index in [1.807, 2.05) is 13.8 Å². The predicted octanol–water partition coefficient (Wildman–Crippen LogP) is 3.55. The Hall–Kier alpha value is -3.09. The lowest BCUT2D eigenvalue weighted by atomic mass is 10.1. The molecule has 2 atom stereocenters. The first-order valence-electron chi connectivity index (χ1n) is 9.96. The van der Waals surface area contributed by atoms with Crippen molar-refractivity contribution in [2.75, 3.05) is 13.7 Å². The number of nitrogens with zero attached hydrogens (tertiary/aromatic N) is 1. The number of rotatable bonds is 10. The van der Waals surface area contributed by atoms with E-state index in [2.05, 4.69) is 5.32 Å². The van der Waals surface area contributed by atoms with Gasteiger partial charge in [-0.3, -0.25) is 9.59 Å². The molecule has 0 radical (unpaired) electrons. The molecule has 2 amide bonds. The molecule has 0 unspecified atom stereocenters. The fraction of sp³-hybridized carbons (Fsp3) is 0.391. The van der Waals surface area contributed by atoms with Crippen LogP contribution in [0.5, 0.6) is 11.5 Å². The van der Waals surface area contributed by atoms with Crippen LogP contribution in [0.4, 0.5) is 4.39 Å². The summed E-state index contributed by atoms with van der Waals surface area (Å²) in [6, 6.07) is 12.3. The molecule has 0 aliphatic carbocycles. The third-order valence-corrected chi connectivity index (χ3v) is 4.89. The van der Waals surface area contributed by atoms with Crippen LogP contribution >= 0.6 is 0 Å². The number of ether oxygens (including phenoxy) is 2. The quantitative estimate of drug-likeness (QED) is 0.643. The lowest BCUT2D eigenvalue weighted by Crippen LogP contribution is -2.50. The highest BCUT2D eigenvalue weighted by Gasteiger charge is 2.28. The highest BCUT2D eigenvalue weighted by Crippen LogP contribution is 2.26. The third-order valence-electron chi connectivity index (χ3n) is 4.89. The number of hydrogen-bond donors (Lipinski definition) is 1. The van der Waals surface area contributed by atoms with E-state index in [0.717, 1.165) is 6.42 Å². The van der Waals surface area contributed by atoms with Crippen LogP contribution in [0, 0.1) is 5.82 Å².